The molecule has 2 aromatic rings. The molecule has 2 heterocycles. The molecule has 27 heavy (non-hydrogen) atoms. The Hall–Kier alpha value is -2.25. The topological polar surface area (TPSA) is 60.0 Å². The molecule has 0 saturated carbocycles. The number of carbonyl (C=O) groups excluding carboxylic acids is 1. The van der Waals surface area contributed by atoms with Gasteiger partial charge in [0, 0.05) is 30.1 Å². The van der Waals surface area contributed by atoms with Crippen LogP contribution in [-0.2, 0) is 16.0 Å². The van der Waals surface area contributed by atoms with E-state index in [0.29, 0.717) is 44.3 Å². The third kappa shape index (κ3) is 5.14. The van der Waals surface area contributed by atoms with E-state index in [1.54, 1.807) is 11.3 Å². The monoisotopic (exact) mass is 390 g/mol. The van der Waals surface area contributed by atoms with Gasteiger partial charge in [-0.25, -0.2) is 0 Å². The molecule has 1 N–H and O–H groups in total. The maximum absolute atomic E-state index is 12.5. The summed E-state index contributed by atoms with van der Waals surface area (Å²) in [6, 6.07) is 7.73. The van der Waals surface area contributed by atoms with Crippen molar-refractivity contribution in [3.63, 3.8) is 0 Å². The predicted molar refractivity (Wildman–Crippen MR) is 108 cm³/mol. The summed E-state index contributed by atoms with van der Waals surface area (Å²) in [6.45, 7) is 7.93. The third-order valence-corrected chi connectivity index (χ3v) is 5.08. The highest BCUT2D eigenvalue weighted by Crippen LogP contribution is 2.39. The SMILES string of the molecule is CCOc1cc(N2CCOCC2)c(OCC)cc1NC(=O)Cc1cccs1. The first-order chi connectivity index (χ1) is 13.2. The summed E-state index contributed by atoms with van der Waals surface area (Å²) in [5.74, 6) is 1.33. The van der Waals surface area contributed by atoms with Gasteiger partial charge in [0.25, 0.3) is 0 Å². The second-order valence-corrected chi connectivity index (χ2v) is 7.12. The van der Waals surface area contributed by atoms with E-state index in [1.807, 2.05) is 43.5 Å². The Kier molecular flexibility index (Phi) is 6.95. The molecule has 0 radical (unpaired) electrons. The Labute approximate surface area is 164 Å². The van der Waals surface area contributed by atoms with E-state index in [4.69, 9.17) is 14.2 Å². The maximum atomic E-state index is 12.5. The standard InChI is InChI=1S/C20H26N2O4S/c1-3-25-18-14-17(22-7-9-24-10-8-22)19(26-4-2)13-16(18)21-20(23)12-15-6-5-11-27-15/h5-6,11,13-14H,3-4,7-10,12H2,1-2H3,(H,21,23). The summed E-state index contributed by atoms with van der Waals surface area (Å²) in [5, 5.41) is 4.95. The summed E-state index contributed by atoms with van der Waals surface area (Å²) in [7, 11) is 0. The molecule has 1 saturated heterocycles. The van der Waals surface area contributed by atoms with Crippen LogP contribution in [0.15, 0.2) is 29.6 Å². The highest BCUT2D eigenvalue weighted by molar-refractivity contribution is 7.10. The number of carbonyl (C=O) groups is 1. The second kappa shape index (κ2) is 9.62. The molecule has 0 spiro atoms. The van der Waals surface area contributed by atoms with Crippen LogP contribution in [0.1, 0.15) is 18.7 Å². The average Bonchev–Trinajstić information content (AvgIpc) is 3.17. The molecule has 0 unspecified atom stereocenters. The number of hydrogen-bond acceptors (Lipinski definition) is 6. The molecule has 0 bridgehead atoms. The van der Waals surface area contributed by atoms with E-state index in [-0.39, 0.29) is 5.91 Å². The Bertz CT molecular complexity index is 743. The van der Waals surface area contributed by atoms with Crippen molar-refractivity contribution < 1.29 is 19.0 Å². The van der Waals surface area contributed by atoms with Crippen LogP contribution in [0.4, 0.5) is 11.4 Å². The second-order valence-electron chi connectivity index (χ2n) is 6.09. The first-order valence-corrected chi connectivity index (χ1v) is 10.2. The smallest absolute Gasteiger partial charge is 0.229 e. The minimum atomic E-state index is -0.0695. The van der Waals surface area contributed by atoms with E-state index in [2.05, 4.69) is 10.2 Å². The highest BCUT2D eigenvalue weighted by atomic mass is 32.1. The molecule has 0 aliphatic carbocycles. The number of nitrogens with zero attached hydrogens (tertiary/aromatic N) is 1. The molecular weight excluding hydrogens is 364 g/mol. The van der Waals surface area contributed by atoms with E-state index >= 15 is 0 Å². The van der Waals surface area contributed by atoms with Crippen molar-refractivity contribution in [2.45, 2.75) is 20.3 Å². The Morgan fingerprint density at radius 1 is 1.19 bits per heavy atom. The van der Waals surface area contributed by atoms with Crippen LogP contribution in [0.25, 0.3) is 0 Å². The number of benzene rings is 1. The molecule has 6 nitrogen and oxygen atoms in total. The molecule has 7 heteroatoms. The molecule has 1 fully saturated rings. The first kappa shape index (κ1) is 19.5. The zero-order valence-electron chi connectivity index (χ0n) is 15.8. The van der Waals surface area contributed by atoms with Crippen LogP contribution in [0.3, 0.4) is 0 Å². The molecule has 1 aromatic heterocycles. The zero-order chi connectivity index (χ0) is 19.1. The van der Waals surface area contributed by atoms with Gasteiger partial charge in [-0.05, 0) is 25.3 Å². The van der Waals surface area contributed by atoms with Crippen LogP contribution >= 0.6 is 11.3 Å². The van der Waals surface area contributed by atoms with Crippen molar-refractivity contribution >= 4 is 28.6 Å². The van der Waals surface area contributed by atoms with Crippen LogP contribution < -0.4 is 19.7 Å². The number of hydrogen-bond donors (Lipinski definition) is 1. The number of thiophene rings is 1. The normalized spacial score (nSPS) is 14.1. The van der Waals surface area contributed by atoms with E-state index < -0.39 is 0 Å². The van der Waals surface area contributed by atoms with Gasteiger partial charge in [-0.3, -0.25) is 4.79 Å². The van der Waals surface area contributed by atoms with Crippen LogP contribution in [0.2, 0.25) is 0 Å². The highest BCUT2D eigenvalue weighted by Gasteiger charge is 2.20. The Morgan fingerprint density at radius 2 is 1.93 bits per heavy atom. The van der Waals surface area contributed by atoms with Crippen LogP contribution in [0.5, 0.6) is 11.5 Å². The van der Waals surface area contributed by atoms with Gasteiger partial charge in [0.05, 0.1) is 44.2 Å². The molecule has 3 rings (SSSR count). The fourth-order valence-corrected chi connectivity index (χ4v) is 3.71. The van der Waals surface area contributed by atoms with Gasteiger partial charge in [0.2, 0.25) is 5.91 Å². The van der Waals surface area contributed by atoms with Gasteiger partial charge in [-0.15, -0.1) is 11.3 Å². The molecule has 146 valence electrons. The molecule has 1 aliphatic heterocycles. The molecule has 1 aliphatic rings. The number of morpholine rings is 1. The summed E-state index contributed by atoms with van der Waals surface area (Å²) in [5.41, 5.74) is 1.61. The predicted octanol–water partition coefficient (Wildman–Crippen LogP) is 3.56. The molecular formula is C20H26N2O4S. The van der Waals surface area contributed by atoms with Gasteiger partial charge in [-0.1, -0.05) is 6.07 Å². The summed E-state index contributed by atoms with van der Waals surface area (Å²) in [4.78, 5) is 15.7. The van der Waals surface area contributed by atoms with Crippen molar-refractivity contribution in [2.24, 2.45) is 0 Å². The van der Waals surface area contributed by atoms with Crippen molar-refractivity contribution in [3.8, 4) is 11.5 Å². The average molecular weight is 391 g/mol. The quantitative estimate of drug-likeness (QED) is 0.747. The minimum absolute atomic E-state index is 0.0695. The van der Waals surface area contributed by atoms with Crippen LogP contribution in [0, 0.1) is 0 Å². The Balaban J connectivity index is 1.86. The van der Waals surface area contributed by atoms with Gasteiger partial charge >= 0.3 is 0 Å². The van der Waals surface area contributed by atoms with Crippen molar-refractivity contribution in [2.75, 3.05) is 49.7 Å². The largest absolute Gasteiger partial charge is 0.492 e. The van der Waals surface area contributed by atoms with Crippen molar-refractivity contribution in [3.05, 3.63) is 34.5 Å². The molecule has 1 aromatic carbocycles. The number of ether oxygens (including phenoxy) is 3. The van der Waals surface area contributed by atoms with Crippen molar-refractivity contribution in [1.82, 2.24) is 0 Å². The van der Waals surface area contributed by atoms with E-state index in [0.717, 1.165) is 29.4 Å². The van der Waals surface area contributed by atoms with Gasteiger partial charge in [-0.2, -0.15) is 0 Å². The fraction of sp³-hybridized carbons (Fsp3) is 0.450. The van der Waals surface area contributed by atoms with Crippen LogP contribution in [-0.4, -0.2) is 45.4 Å². The third-order valence-electron chi connectivity index (χ3n) is 4.20. The van der Waals surface area contributed by atoms with Gasteiger partial charge in [0.1, 0.15) is 11.5 Å². The molecule has 0 atom stereocenters. The summed E-state index contributed by atoms with van der Waals surface area (Å²) >= 11 is 1.57. The number of anilines is 2. The molecule has 1 amide bonds. The lowest BCUT2D eigenvalue weighted by Gasteiger charge is -2.31. The number of nitrogens with one attached hydrogen (secondary N) is 1. The minimum Gasteiger partial charge on any atom is -0.492 e. The lowest BCUT2D eigenvalue weighted by molar-refractivity contribution is -0.115. The van der Waals surface area contributed by atoms with E-state index in [1.165, 1.54) is 0 Å². The van der Waals surface area contributed by atoms with E-state index in [9.17, 15) is 4.79 Å². The van der Waals surface area contributed by atoms with Gasteiger partial charge < -0.3 is 24.4 Å². The summed E-state index contributed by atoms with van der Waals surface area (Å²) in [6.07, 6.45) is 0.346. The fourth-order valence-electron chi connectivity index (χ4n) is 3.01. The lowest BCUT2D eigenvalue weighted by Crippen LogP contribution is -2.36. The Morgan fingerprint density at radius 3 is 2.59 bits per heavy atom. The summed E-state index contributed by atoms with van der Waals surface area (Å²) < 4.78 is 17.1. The van der Waals surface area contributed by atoms with Gasteiger partial charge in [0.15, 0.2) is 0 Å². The lowest BCUT2D eigenvalue weighted by atomic mass is 10.2. The maximum Gasteiger partial charge on any atom is 0.229 e. The first-order valence-electron chi connectivity index (χ1n) is 9.29. The number of amides is 1. The number of rotatable bonds is 8. The van der Waals surface area contributed by atoms with Crippen molar-refractivity contribution in [1.29, 1.82) is 0 Å². The zero-order valence-corrected chi connectivity index (χ0v) is 16.6.